The molecular formula is C17H19ClN4S3. The summed E-state index contributed by atoms with van der Waals surface area (Å²) in [6.07, 6.45) is 6.85. The van der Waals surface area contributed by atoms with Gasteiger partial charge < -0.3 is 0 Å². The van der Waals surface area contributed by atoms with E-state index in [0.717, 1.165) is 43.7 Å². The molecule has 0 aliphatic heterocycles. The molecule has 0 fully saturated rings. The predicted octanol–water partition coefficient (Wildman–Crippen LogP) is 5.56. The van der Waals surface area contributed by atoms with Gasteiger partial charge in [0, 0.05) is 15.7 Å². The molecule has 4 rings (SSSR count). The molecule has 0 unspecified atom stereocenters. The summed E-state index contributed by atoms with van der Waals surface area (Å²) < 4.78 is 2.14. The smallest absolute Gasteiger partial charge is 0.198 e. The molecule has 0 saturated carbocycles. The van der Waals surface area contributed by atoms with E-state index in [1.54, 1.807) is 23.5 Å². The Morgan fingerprint density at radius 3 is 2.88 bits per heavy atom. The molecule has 3 aromatic heterocycles. The summed E-state index contributed by atoms with van der Waals surface area (Å²) in [7, 11) is 0. The highest BCUT2D eigenvalue weighted by Crippen LogP contribution is 2.39. The molecule has 4 nitrogen and oxygen atoms in total. The van der Waals surface area contributed by atoms with Gasteiger partial charge in [-0.05, 0) is 43.9 Å². The summed E-state index contributed by atoms with van der Waals surface area (Å²) in [5.41, 5.74) is 2.42. The van der Waals surface area contributed by atoms with Gasteiger partial charge in [-0.25, -0.2) is 9.38 Å². The maximum absolute atomic E-state index is 5.95. The minimum absolute atomic E-state index is 0.784. The van der Waals surface area contributed by atoms with Crippen LogP contribution in [0.2, 0.25) is 0 Å². The van der Waals surface area contributed by atoms with E-state index in [1.165, 1.54) is 35.1 Å². The van der Waals surface area contributed by atoms with Gasteiger partial charge in [0.15, 0.2) is 16.0 Å². The first-order valence-corrected chi connectivity index (χ1v) is 11.6. The van der Waals surface area contributed by atoms with Gasteiger partial charge in [0.05, 0.1) is 5.39 Å². The van der Waals surface area contributed by atoms with Crippen LogP contribution in [0.1, 0.15) is 37.1 Å². The molecule has 1 aliphatic rings. The SMILES string of the molecule is CCSc1nc2sc3c(c2c2nnc(SC/C=C(\C)Cl)n12)CCCC3. The van der Waals surface area contributed by atoms with E-state index in [4.69, 9.17) is 16.6 Å². The number of fused-ring (bicyclic) bond motifs is 5. The fourth-order valence-corrected chi connectivity index (χ4v) is 6.29. The number of aryl methyl sites for hydroxylation is 2. The van der Waals surface area contributed by atoms with Crippen LogP contribution in [0.4, 0.5) is 0 Å². The van der Waals surface area contributed by atoms with Crippen molar-refractivity contribution in [1.82, 2.24) is 19.6 Å². The summed E-state index contributed by atoms with van der Waals surface area (Å²) in [6.45, 7) is 4.05. The lowest BCUT2D eigenvalue weighted by atomic mass is 9.97. The summed E-state index contributed by atoms with van der Waals surface area (Å²) in [5, 5.41) is 12.9. The molecule has 0 saturated heterocycles. The summed E-state index contributed by atoms with van der Waals surface area (Å²) in [6, 6.07) is 0. The van der Waals surface area contributed by atoms with Gasteiger partial charge in [0.25, 0.3) is 0 Å². The number of hydrogen-bond acceptors (Lipinski definition) is 6. The van der Waals surface area contributed by atoms with Gasteiger partial charge >= 0.3 is 0 Å². The van der Waals surface area contributed by atoms with E-state index in [1.807, 2.05) is 24.3 Å². The minimum atomic E-state index is 0.784. The molecule has 1 aliphatic carbocycles. The van der Waals surface area contributed by atoms with Gasteiger partial charge in [-0.15, -0.1) is 21.5 Å². The molecule has 3 aromatic rings. The molecule has 0 atom stereocenters. The summed E-state index contributed by atoms with van der Waals surface area (Å²) in [5.74, 6) is 1.76. The first-order chi connectivity index (χ1) is 12.2. The Morgan fingerprint density at radius 2 is 2.08 bits per heavy atom. The molecule has 132 valence electrons. The zero-order valence-electron chi connectivity index (χ0n) is 14.2. The van der Waals surface area contributed by atoms with Crippen LogP contribution in [-0.2, 0) is 12.8 Å². The van der Waals surface area contributed by atoms with E-state index < -0.39 is 0 Å². The molecular weight excluding hydrogens is 392 g/mol. The summed E-state index contributed by atoms with van der Waals surface area (Å²) >= 11 is 11.2. The molecule has 0 aromatic carbocycles. The first-order valence-electron chi connectivity index (χ1n) is 8.46. The van der Waals surface area contributed by atoms with E-state index >= 15 is 0 Å². The van der Waals surface area contributed by atoms with E-state index in [2.05, 4.69) is 21.5 Å². The number of aromatic nitrogens is 4. The van der Waals surface area contributed by atoms with Crippen LogP contribution in [0.25, 0.3) is 15.9 Å². The second-order valence-electron chi connectivity index (χ2n) is 5.96. The number of thioether (sulfide) groups is 2. The highest BCUT2D eigenvalue weighted by Gasteiger charge is 2.23. The van der Waals surface area contributed by atoms with Crippen molar-refractivity contribution in [2.24, 2.45) is 0 Å². The number of rotatable bonds is 5. The fraction of sp³-hybridized carbons (Fsp3) is 0.471. The quantitative estimate of drug-likeness (QED) is 0.406. The van der Waals surface area contributed by atoms with Crippen LogP contribution in [0.15, 0.2) is 21.4 Å². The zero-order chi connectivity index (χ0) is 17.4. The Hall–Kier alpha value is -0.760. The predicted molar refractivity (Wildman–Crippen MR) is 110 cm³/mol. The van der Waals surface area contributed by atoms with Crippen molar-refractivity contribution in [3.63, 3.8) is 0 Å². The van der Waals surface area contributed by atoms with E-state index in [0.29, 0.717) is 0 Å². The number of thiophene rings is 1. The van der Waals surface area contributed by atoms with Crippen LogP contribution >= 0.6 is 46.5 Å². The monoisotopic (exact) mass is 410 g/mol. The highest BCUT2D eigenvalue weighted by atomic mass is 35.5. The molecule has 0 radical (unpaired) electrons. The van der Waals surface area contributed by atoms with Gasteiger partial charge in [-0.3, -0.25) is 0 Å². The Kier molecular flexibility index (Phi) is 5.27. The van der Waals surface area contributed by atoms with Crippen LogP contribution in [0.5, 0.6) is 0 Å². The summed E-state index contributed by atoms with van der Waals surface area (Å²) in [4.78, 5) is 7.60. The molecule has 0 amide bonds. The van der Waals surface area contributed by atoms with Crippen molar-refractivity contribution >= 4 is 62.3 Å². The molecule has 25 heavy (non-hydrogen) atoms. The standard InChI is InChI=1S/C17H19ClN4S3/c1-3-23-16-19-15-13(11-6-4-5-7-12(11)25-15)14-20-21-17(22(14)16)24-9-8-10(2)18/h8H,3-7,9H2,1-2H3/b10-8+. The number of nitrogens with zero attached hydrogens (tertiary/aromatic N) is 4. The molecule has 3 heterocycles. The third kappa shape index (κ3) is 3.31. The van der Waals surface area contributed by atoms with Gasteiger partial charge in [-0.1, -0.05) is 48.1 Å². The van der Waals surface area contributed by atoms with Crippen molar-refractivity contribution < 1.29 is 0 Å². The molecule has 8 heteroatoms. The third-order valence-corrected chi connectivity index (χ3v) is 7.27. The van der Waals surface area contributed by atoms with E-state index in [9.17, 15) is 0 Å². The third-order valence-electron chi connectivity index (χ3n) is 4.25. The number of hydrogen-bond donors (Lipinski definition) is 0. The van der Waals surface area contributed by atoms with Crippen LogP contribution in [0, 0.1) is 0 Å². The Morgan fingerprint density at radius 1 is 1.24 bits per heavy atom. The molecule has 0 spiro atoms. The maximum Gasteiger partial charge on any atom is 0.198 e. The number of allylic oxidation sites excluding steroid dienone is 1. The first kappa shape index (κ1) is 17.6. The van der Waals surface area contributed by atoms with Crippen LogP contribution in [0.3, 0.4) is 0 Å². The Balaban J connectivity index is 1.89. The molecule has 0 bridgehead atoms. The lowest BCUT2D eigenvalue weighted by Gasteiger charge is -2.10. The topological polar surface area (TPSA) is 43.1 Å². The number of halogens is 1. The van der Waals surface area contributed by atoms with Crippen molar-refractivity contribution in [2.45, 2.75) is 49.8 Å². The van der Waals surface area contributed by atoms with Crippen molar-refractivity contribution in [1.29, 1.82) is 0 Å². The lowest BCUT2D eigenvalue weighted by Crippen LogP contribution is -2.01. The van der Waals surface area contributed by atoms with Crippen molar-refractivity contribution in [2.75, 3.05) is 11.5 Å². The van der Waals surface area contributed by atoms with Crippen LogP contribution in [-0.4, -0.2) is 31.1 Å². The normalized spacial score (nSPS) is 15.2. The fourth-order valence-electron chi connectivity index (χ4n) is 3.15. The highest BCUT2D eigenvalue weighted by molar-refractivity contribution is 7.99. The minimum Gasteiger partial charge on any atom is -0.247 e. The second kappa shape index (κ2) is 7.47. The molecule has 0 N–H and O–H groups in total. The van der Waals surface area contributed by atoms with Gasteiger partial charge in [0.2, 0.25) is 0 Å². The van der Waals surface area contributed by atoms with Gasteiger partial charge in [0.1, 0.15) is 4.83 Å². The average Bonchev–Trinajstić information content (AvgIpc) is 3.16. The van der Waals surface area contributed by atoms with Crippen molar-refractivity contribution in [3.05, 3.63) is 21.5 Å². The Bertz CT molecular complexity index is 956. The van der Waals surface area contributed by atoms with E-state index in [-0.39, 0.29) is 0 Å². The lowest BCUT2D eigenvalue weighted by molar-refractivity contribution is 0.700. The average molecular weight is 411 g/mol. The Labute approximate surface area is 164 Å². The van der Waals surface area contributed by atoms with Crippen molar-refractivity contribution in [3.8, 4) is 0 Å². The van der Waals surface area contributed by atoms with Crippen LogP contribution < -0.4 is 0 Å². The van der Waals surface area contributed by atoms with Gasteiger partial charge in [-0.2, -0.15) is 0 Å². The maximum atomic E-state index is 5.95. The second-order valence-corrected chi connectivity index (χ2v) is 9.86. The largest absolute Gasteiger partial charge is 0.247 e. The zero-order valence-corrected chi connectivity index (χ0v) is 17.4.